The number of rotatable bonds is 4. The fraction of sp³-hybridized carbons (Fsp3) is 0.0833. The topological polar surface area (TPSA) is 46.5 Å². The number of hydrogen-bond donors (Lipinski definition) is 1. The van der Waals surface area contributed by atoms with Gasteiger partial charge >= 0.3 is 5.97 Å². The Balaban J connectivity index is 2.11. The van der Waals surface area contributed by atoms with E-state index in [9.17, 15) is 9.18 Å². The molecule has 6 heteroatoms. The van der Waals surface area contributed by atoms with Crippen molar-refractivity contribution in [3.63, 3.8) is 0 Å². The second kappa shape index (κ2) is 5.37. The zero-order valence-electron chi connectivity index (χ0n) is 9.02. The molecule has 0 atom stereocenters. The normalized spacial score (nSPS) is 10.3. The molecule has 2 aromatic rings. The molecule has 3 nitrogen and oxygen atoms in total. The summed E-state index contributed by atoms with van der Waals surface area (Å²) in [5.74, 6) is -1.88. The summed E-state index contributed by atoms with van der Waals surface area (Å²) in [6, 6.07) is 5.24. The molecule has 0 aliphatic carbocycles. The van der Waals surface area contributed by atoms with Crippen LogP contribution in [0.2, 0.25) is 5.02 Å². The molecule has 2 rings (SSSR count). The van der Waals surface area contributed by atoms with Gasteiger partial charge < -0.3 is 9.84 Å². The first-order valence-electron chi connectivity index (χ1n) is 4.95. The first kappa shape index (κ1) is 12.9. The Labute approximate surface area is 111 Å². The van der Waals surface area contributed by atoms with Crippen LogP contribution in [0.25, 0.3) is 0 Å². The molecule has 18 heavy (non-hydrogen) atoms. The summed E-state index contributed by atoms with van der Waals surface area (Å²) in [6.07, 6.45) is 0. The summed E-state index contributed by atoms with van der Waals surface area (Å²) in [4.78, 5) is 11.4. The lowest BCUT2D eigenvalue weighted by molar-refractivity contribution is 0.0696. The van der Waals surface area contributed by atoms with E-state index in [4.69, 9.17) is 21.4 Å². The van der Waals surface area contributed by atoms with Gasteiger partial charge in [-0.25, -0.2) is 9.18 Å². The molecule has 0 bridgehead atoms. The third-order valence-electron chi connectivity index (χ3n) is 2.23. The number of benzene rings is 1. The molecular formula is C12H8ClFO3S. The zero-order chi connectivity index (χ0) is 13.1. The zero-order valence-corrected chi connectivity index (χ0v) is 10.6. The van der Waals surface area contributed by atoms with E-state index in [1.165, 1.54) is 23.5 Å². The average molecular weight is 287 g/mol. The van der Waals surface area contributed by atoms with Crippen molar-refractivity contribution in [1.82, 2.24) is 0 Å². The highest BCUT2D eigenvalue weighted by molar-refractivity contribution is 7.10. The molecule has 1 aromatic carbocycles. The lowest BCUT2D eigenvalue weighted by atomic mass is 10.2. The van der Waals surface area contributed by atoms with Crippen molar-refractivity contribution in [2.24, 2.45) is 0 Å². The van der Waals surface area contributed by atoms with E-state index in [0.717, 1.165) is 10.9 Å². The van der Waals surface area contributed by atoms with Gasteiger partial charge in [-0.1, -0.05) is 11.6 Å². The van der Waals surface area contributed by atoms with Gasteiger partial charge in [-0.2, -0.15) is 0 Å². The summed E-state index contributed by atoms with van der Waals surface area (Å²) in [6.45, 7) is 0.153. The minimum atomic E-state index is -1.18. The number of hydrogen-bond acceptors (Lipinski definition) is 3. The molecule has 0 aliphatic heterocycles. The Morgan fingerprint density at radius 1 is 1.44 bits per heavy atom. The number of carboxylic acid groups (broad SMARTS) is 1. The summed E-state index contributed by atoms with van der Waals surface area (Å²) >= 11 is 7.28. The van der Waals surface area contributed by atoms with Crippen LogP contribution in [-0.4, -0.2) is 11.1 Å². The van der Waals surface area contributed by atoms with Gasteiger partial charge in [0.25, 0.3) is 0 Å². The highest BCUT2D eigenvalue weighted by Gasteiger charge is 2.10. The maximum atomic E-state index is 13.5. The molecule has 0 saturated carbocycles. The molecule has 0 amide bonds. The standard InChI is InChI=1S/C12H8ClFO3S/c13-8-3-4-18-11(8)6-17-10-2-1-7(12(15)16)5-9(10)14/h1-5H,6H2,(H,15,16). The molecule has 1 N–H and O–H groups in total. The average Bonchev–Trinajstić information content (AvgIpc) is 2.73. The van der Waals surface area contributed by atoms with Gasteiger partial charge in [-0.3, -0.25) is 0 Å². The van der Waals surface area contributed by atoms with Crippen LogP contribution in [0.3, 0.4) is 0 Å². The largest absolute Gasteiger partial charge is 0.485 e. The van der Waals surface area contributed by atoms with Crippen molar-refractivity contribution in [3.8, 4) is 5.75 Å². The van der Waals surface area contributed by atoms with Crippen molar-refractivity contribution in [2.75, 3.05) is 0 Å². The molecule has 94 valence electrons. The van der Waals surface area contributed by atoms with Gasteiger partial charge in [0, 0.05) is 0 Å². The van der Waals surface area contributed by atoms with E-state index in [-0.39, 0.29) is 17.9 Å². The van der Waals surface area contributed by atoms with E-state index in [0.29, 0.717) is 5.02 Å². The van der Waals surface area contributed by atoms with Crippen molar-refractivity contribution in [3.05, 3.63) is 50.9 Å². The molecular weight excluding hydrogens is 279 g/mol. The van der Waals surface area contributed by atoms with Crippen molar-refractivity contribution in [2.45, 2.75) is 6.61 Å². The quantitative estimate of drug-likeness (QED) is 0.929. The molecule has 0 unspecified atom stereocenters. The fourth-order valence-electron chi connectivity index (χ4n) is 1.32. The van der Waals surface area contributed by atoms with Crippen LogP contribution >= 0.6 is 22.9 Å². The summed E-state index contributed by atoms with van der Waals surface area (Å²) in [7, 11) is 0. The molecule has 1 aromatic heterocycles. The van der Waals surface area contributed by atoms with Crippen LogP contribution in [0.15, 0.2) is 29.6 Å². The first-order valence-corrected chi connectivity index (χ1v) is 6.21. The van der Waals surface area contributed by atoms with Crippen LogP contribution in [0.5, 0.6) is 5.75 Å². The van der Waals surface area contributed by atoms with Crippen molar-refractivity contribution < 1.29 is 19.0 Å². The molecule has 0 saturated heterocycles. The van der Waals surface area contributed by atoms with Gasteiger partial charge in [0.1, 0.15) is 6.61 Å². The smallest absolute Gasteiger partial charge is 0.335 e. The second-order valence-corrected chi connectivity index (χ2v) is 4.84. The van der Waals surface area contributed by atoms with Crippen LogP contribution in [0.4, 0.5) is 4.39 Å². The van der Waals surface area contributed by atoms with E-state index >= 15 is 0 Å². The number of ether oxygens (including phenoxy) is 1. The van der Waals surface area contributed by atoms with E-state index in [1.54, 1.807) is 6.07 Å². The van der Waals surface area contributed by atoms with Gasteiger partial charge in [-0.05, 0) is 29.6 Å². The maximum absolute atomic E-state index is 13.5. The third-order valence-corrected chi connectivity index (χ3v) is 3.59. The van der Waals surface area contributed by atoms with Gasteiger partial charge in [-0.15, -0.1) is 11.3 Å². The molecule has 0 aliphatic rings. The third kappa shape index (κ3) is 2.80. The first-order chi connectivity index (χ1) is 8.58. The summed E-state index contributed by atoms with van der Waals surface area (Å²) in [5, 5.41) is 11.1. The fourth-order valence-corrected chi connectivity index (χ4v) is 2.32. The molecule has 0 radical (unpaired) electrons. The molecule has 0 spiro atoms. The Hall–Kier alpha value is -1.59. The Morgan fingerprint density at radius 2 is 2.22 bits per heavy atom. The minimum absolute atomic E-state index is 0.00414. The van der Waals surface area contributed by atoms with E-state index in [2.05, 4.69) is 0 Å². The SMILES string of the molecule is O=C(O)c1ccc(OCc2sccc2Cl)c(F)c1. The number of halogens is 2. The number of thiophene rings is 1. The summed E-state index contributed by atoms with van der Waals surface area (Å²) < 4.78 is 18.8. The van der Waals surface area contributed by atoms with Crippen LogP contribution < -0.4 is 4.74 Å². The predicted octanol–water partition coefficient (Wildman–Crippen LogP) is 3.82. The van der Waals surface area contributed by atoms with Gasteiger partial charge in [0.05, 0.1) is 15.5 Å². The van der Waals surface area contributed by atoms with E-state index in [1.807, 2.05) is 5.38 Å². The lowest BCUT2D eigenvalue weighted by Gasteiger charge is -2.06. The van der Waals surface area contributed by atoms with Gasteiger partial charge in [0.2, 0.25) is 0 Å². The maximum Gasteiger partial charge on any atom is 0.335 e. The van der Waals surface area contributed by atoms with Crippen LogP contribution in [0, 0.1) is 5.82 Å². The van der Waals surface area contributed by atoms with E-state index < -0.39 is 11.8 Å². The van der Waals surface area contributed by atoms with Gasteiger partial charge in [0.15, 0.2) is 11.6 Å². The minimum Gasteiger partial charge on any atom is -0.485 e. The lowest BCUT2D eigenvalue weighted by Crippen LogP contribution is -2.00. The Morgan fingerprint density at radius 3 is 2.78 bits per heavy atom. The van der Waals surface area contributed by atoms with Crippen molar-refractivity contribution in [1.29, 1.82) is 0 Å². The molecule has 1 heterocycles. The molecule has 0 fully saturated rings. The van der Waals surface area contributed by atoms with Crippen LogP contribution in [0.1, 0.15) is 15.2 Å². The number of carboxylic acids is 1. The predicted molar refractivity (Wildman–Crippen MR) is 67.0 cm³/mol. The van der Waals surface area contributed by atoms with Crippen molar-refractivity contribution >= 4 is 28.9 Å². The second-order valence-electron chi connectivity index (χ2n) is 3.43. The number of carbonyl (C=O) groups is 1. The van der Waals surface area contributed by atoms with Crippen LogP contribution in [-0.2, 0) is 6.61 Å². The summed E-state index contributed by atoms with van der Waals surface area (Å²) in [5.41, 5.74) is -0.117. The Kier molecular flexibility index (Phi) is 3.84. The Bertz CT molecular complexity index is 582. The monoisotopic (exact) mass is 286 g/mol. The highest BCUT2D eigenvalue weighted by atomic mass is 35.5. The number of aromatic carboxylic acids is 1. The highest BCUT2D eigenvalue weighted by Crippen LogP contribution is 2.25.